The molecule has 3 rings (SSSR count). The molecule has 0 unspecified atom stereocenters. The van der Waals surface area contributed by atoms with Crippen LogP contribution in [0.3, 0.4) is 0 Å². The Morgan fingerprint density at radius 2 is 2.22 bits per heavy atom. The van der Waals surface area contributed by atoms with E-state index in [1.165, 1.54) is 10.9 Å². The molecule has 3 heterocycles. The maximum Gasteiger partial charge on any atom is 0.280 e. The van der Waals surface area contributed by atoms with E-state index in [4.69, 9.17) is 10.5 Å². The summed E-state index contributed by atoms with van der Waals surface area (Å²) in [5.41, 5.74) is 5.32. The van der Waals surface area contributed by atoms with Crippen LogP contribution in [0.5, 0.6) is 0 Å². The van der Waals surface area contributed by atoms with Crippen molar-refractivity contribution >= 4 is 25.9 Å². The lowest BCUT2D eigenvalue weighted by atomic mass is 10.1. The number of nitrogens with one attached hydrogen (secondary N) is 1. The zero-order valence-electron chi connectivity index (χ0n) is 12.7. The van der Waals surface area contributed by atoms with Crippen molar-refractivity contribution in [2.75, 3.05) is 12.3 Å². The normalized spacial score (nSPS) is 31.3. The van der Waals surface area contributed by atoms with Gasteiger partial charge in [0, 0.05) is 0 Å². The van der Waals surface area contributed by atoms with Gasteiger partial charge in [-0.05, 0) is 0 Å². The summed E-state index contributed by atoms with van der Waals surface area (Å²) in [5.74, 6) is -0.0865. The molecule has 0 saturated carbocycles. The predicted molar refractivity (Wildman–Crippen MR) is 83.4 cm³/mol. The van der Waals surface area contributed by atoms with Gasteiger partial charge in [-0.1, -0.05) is 13.1 Å². The first kappa shape index (κ1) is 16.1. The molecule has 4 atom stereocenters. The Hall–Kier alpha value is -1.79. The lowest BCUT2D eigenvalue weighted by molar-refractivity contribution is -0.0894. The van der Waals surface area contributed by atoms with Crippen LogP contribution >= 0.6 is 0 Å². The van der Waals surface area contributed by atoms with Crippen LogP contribution in [0.2, 0.25) is 13.1 Å². The topological polar surface area (TPSA) is 160 Å². The number of rotatable bonds is 3. The van der Waals surface area contributed by atoms with Crippen LogP contribution in [-0.2, 0) is 10.1 Å². The number of H-pyrrole nitrogens is 1. The Balaban J connectivity index is 2.27. The number of imidazole rings is 1. The van der Waals surface area contributed by atoms with Crippen molar-refractivity contribution in [3.8, 4) is 0 Å². The highest BCUT2D eigenvalue weighted by atomic mass is 28.3. The summed E-state index contributed by atoms with van der Waals surface area (Å²) in [5, 5.41) is 28.8. The monoisotopic (exact) mass is 341 g/mol. The Bertz CT molecular complexity index is 792. The van der Waals surface area contributed by atoms with Crippen molar-refractivity contribution in [2.24, 2.45) is 0 Å². The number of anilines is 1. The van der Waals surface area contributed by atoms with E-state index in [2.05, 4.69) is 15.0 Å². The molecule has 1 fully saturated rings. The van der Waals surface area contributed by atoms with Crippen molar-refractivity contribution in [1.82, 2.24) is 19.5 Å². The Morgan fingerprint density at radius 1 is 1.52 bits per heavy atom. The Kier molecular flexibility index (Phi) is 3.76. The first-order valence-corrected chi connectivity index (χ1v) is 10.1. The van der Waals surface area contributed by atoms with Gasteiger partial charge in [-0.2, -0.15) is 4.98 Å². The maximum atomic E-state index is 11.9. The highest BCUT2D eigenvalue weighted by Gasteiger charge is 2.57. The van der Waals surface area contributed by atoms with Crippen molar-refractivity contribution in [1.29, 1.82) is 0 Å². The number of aromatic nitrogens is 4. The van der Waals surface area contributed by atoms with Gasteiger partial charge in [0.25, 0.3) is 5.56 Å². The molecule has 1 aliphatic heterocycles. The van der Waals surface area contributed by atoms with E-state index in [1.807, 2.05) is 13.1 Å². The van der Waals surface area contributed by atoms with Gasteiger partial charge in [-0.15, -0.1) is 0 Å². The first-order valence-electron chi connectivity index (χ1n) is 7.21. The number of hydrogen-bond donors (Lipinski definition) is 5. The average Bonchev–Trinajstić information content (AvgIpc) is 3.01. The van der Waals surface area contributed by atoms with Crippen molar-refractivity contribution in [3.05, 3.63) is 16.7 Å². The lowest BCUT2D eigenvalue weighted by Crippen LogP contribution is -2.54. The molecule has 0 aromatic carbocycles. The fraction of sp³-hybridized carbons (Fsp3) is 0.583. The van der Waals surface area contributed by atoms with E-state index in [9.17, 15) is 20.1 Å². The lowest BCUT2D eigenvalue weighted by Gasteiger charge is -2.37. The fourth-order valence-corrected chi connectivity index (χ4v) is 5.18. The maximum absolute atomic E-state index is 11.9. The second-order valence-electron chi connectivity index (χ2n) is 5.92. The molecule has 1 saturated heterocycles. The van der Waals surface area contributed by atoms with Gasteiger partial charge in [0.2, 0.25) is 5.95 Å². The summed E-state index contributed by atoms with van der Waals surface area (Å²) in [7, 11) is -1.85. The molecule has 0 aliphatic carbocycles. The third-order valence-corrected chi connectivity index (χ3v) is 6.69. The van der Waals surface area contributed by atoms with E-state index < -0.39 is 44.6 Å². The molecule has 6 N–H and O–H groups in total. The summed E-state index contributed by atoms with van der Waals surface area (Å²) in [6, 6.07) is 0. The van der Waals surface area contributed by atoms with Gasteiger partial charge in [0.15, 0.2) is 16.5 Å². The highest BCUT2D eigenvalue weighted by molar-refractivity contribution is 6.58. The summed E-state index contributed by atoms with van der Waals surface area (Å²) < 4.78 is 7.31. The van der Waals surface area contributed by atoms with Crippen LogP contribution in [0.1, 0.15) is 0 Å². The second-order valence-corrected chi connectivity index (χ2v) is 9.06. The highest BCUT2D eigenvalue weighted by Crippen LogP contribution is 2.39. The number of fused-ring (bicyclic) bond motifs is 1. The van der Waals surface area contributed by atoms with Crippen molar-refractivity contribution < 1.29 is 20.1 Å². The van der Waals surface area contributed by atoms with E-state index >= 15 is 0 Å². The molecule has 11 heteroatoms. The van der Waals surface area contributed by atoms with E-state index in [-0.39, 0.29) is 17.1 Å². The molecule has 0 bridgehead atoms. The number of aromatic amines is 1. The minimum atomic E-state index is -1.85. The number of aliphatic hydroxyl groups excluding tert-OH is 3. The molecule has 126 valence electrons. The minimum absolute atomic E-state index is 0.0611. The van der Waals surface area contributed by atoms with Gasteiger partial charge in [0.1, 0.15) is 18.3 Å². The smallest absolute Gasteiger partial charge is 0.280 e. The number of aliphatic hydroxyl groups is 3. The molecule has 1 aliphatic rings. The summed E-state index contributed by atoms with van der Waals surface area (Å²) >= 11 is 0. The first-order chi connectivity index (χ1) is 10.8. The van der Waals surface area contributed by atoms with Crippen LogP contribution in [0.4, 0.5) is 5.95 Å². The van der Waals surface area contributed by atoms with Crippen LogP contribution in [0.15, 0.2) is 11.1 Å². The Labute approximate surface area is 132 Å². The van der Waals surface area contributed by atoms with Crippen molar-refractivity contribution in [2.45, 2.75) is 36.8 Å². The number of nitrogens with two attached hydrogens (primary N) is 1. The average molecular weight is 341 g/mol. The molecule has 0 radical (unpaired) electrons. The number of hydrogen-bond acceptors (Lipinski definition) is 8. The van der Waals surface area contributed by atoms with Gasteiger partial charge >= 0.3 is 0 Å². The van der Waals surface area contributed by atoms with Crippen LogP contribution < -0.4 is 11.3 Å². The standard InChI is InChI=1S/C12H19N5O5Si/c1-23(2)12(8(20)7(19)5(3-18)22-12)17-4-14-6-9(17)15-11(13)16-10(6)21/h4-5,7-8,18-20,23H,3H2,1-2H3,(H3,13,15,16,21)/t5-,7-,8-,12+/m1/s1. The molecule has 23 heavy (non-hydrogen) atoms. The fourth-order valence-electron chi connectivity index (χ4n) is 3.11. The number of ether oxygens (including phenoxy) is 1. The van der Waals surface area contributed by atoms with Gasteiger partial charge in [-0.3, -0.25) is 14.3 Å². The van der Waals surface area contributed by atoms with E-state index in [0.717, 1.165) is 0 Å². The van der Waals surface area contributed by atoms with Crippen LogP contribution in [0, 0.1) is 0 Å². The molecule has 10 nitrogen and oxygen atoms in total. The largest absolute Gasteiger partial charge is 0.394 e. The molecule has 2 aromatic heterocycles. The molecule has 2 aromatic rings. The molecule has 0 spiro atoms. The van der Waals surface area contributed by atoms with Gasteiger partial charge < -0.3 is 25.8 Å². The van der Waals surface area contributed by atoms with Gasteiger partial charge in [0.05, 0.1) is 21.7 Å². The van der Waals surface area contributed by atoms with E-state index in [1.54, 1.807) is 0 Å². The molecular formula is C12H19N5O5Si. The van der Waals surface area contributed by atoms with Crippen molar-refractivity contribution in [3.63, 3.8) is 0 Å². The SMILES string of the molecule is C[SiH](C)[C@@]1(n2cnc3c(=O)[nH]c(N)nc32)O[C@H](CO)[C@@H](O)[C@H]1O. The summed E-state index contributed by atoms with van der Waals surface area (Å²) in [4.78, 5) is 22.4. The van der Waals surface area contributed by atoms with Gasteiger partial charge in [-0.25, -0.2) is 4.98 Å². The molecule has 0 amide bonds. The van der Waals surface area contributed by atoms with Crippen LogP contribution in [0.25, 0.3) is 11.2 Å². The van der Waals surface area contributed by atoms with E-state index in [0.29, 0.717) is 0 Å². The third-order valence-electron chi connectivity index (χ3n) is 4.28. The number of nitrogen functional groups attached to an aromatic ring is 1. The zero-order valence-corrected chi connectivity index (χ0v) is 13.8. The van der Waals surface area contributed by atoms with Crippen LogP contribution in [-0.4, -0.2) is 68.6 Å². The predicted octanol–water partition coefficient (Wildman–Crippen LogP) is -2.51. The minimum Gasteiger partial charge on any atom is -0.394 e. The third kappa shape index (κ3) is 2.12. The molecular weight excluding hydrogens is 322 g/mol. The quantitative estimate of drug-likeness (QED) is 0.383. The zero-order chi connectivity index (χ0) is 16.9. The number of nitrogens with zero attached hydrogens (tertiary/aromatic N) is 3. The summed E-state index contributed by atoms with van der Waals surface area (Å²) in [6.07, 6.45) is -2.14. The summed E-state index contributed by atoms with van der Waals surface area (Å²) in [6.45, 7) is 3.39. The second kappa shape index (κ2) is 5.38. The Morgan fingerprint density at radius 3 is 2.78 bits per heavy atom.